The minimum absolute atomic E-state index is 0.208. The first-order valence-electron chi connectivity index (χ1n) is 7.23. The van der Waals surface area contributed by atoms with E-state index in [1.165, 1.54) is 43.4 Å². The molecule has 1 aliphatic heterocycles. The Morgan fingerprint density at radius 2 is 2.11 bits per heavy atom. The Kier molecular flexibility index (Phi) is 3.29. The molecule has 1 N–H and O–H groups in total. The SMILES string of the molecule is Cc1cccc(NC2CCOC3(CCCC3)C2)c1. The van der Waals surface area contributed by atoms with Gasteiger partial charge in [0.15, 0.2) is 0 Å². The van der Waals surface area contributed by atoms with Crippen LogP contribution in [0, 0.1) is 6.92 Å². The Hall–Kier alpha value is -1.02. The fourth-order valence-electron chi connectivity index (χ4n) is 3.49. The number of hydrogen-bond donors (Lipinski definition) is 1. The number of nitrogens with one attached hydrogen (secondary N) is 1. The second kappa shape index (κ2) is 4.93. The zero-order valence-corrected chi connectivity index (χ0v) is 11.2. The summed E-state index contributed by atoms with van der Waals surface area (Å²) >= 11 is 0. The Morgan fingerprint density at radius 1 is 1.28 bits per heavy atom. The highest BCUT2D eigenvalue weighted by atomic mass is 16.5. The molecule has 0 radical (unpaired) electrons. The lowest BCUT2D eigenvalue weighted by atomic mass is 9.89. The van der Waals surface area contributed by atoms with Crippen LogP contribution in [0.25, 0.3) is 0 Å². The van der Waals surface area contributed by atoms with E-state index in [4.69, 9.17) is 4.74 Å². The van der Waals surface area contributed by atoms with E-state index in [9.17, 15) is 0 Å². The molecule has 98 valence electrons. The van der Waals surface area contributed by atoms with Gasteiger partial charge in [-0.3, -0.25) is 0 Å². The van der Waals surface area contributed by atoms with Gasteiger partial charge in [0.2, 0.25) is 0 Å². The molecule has 1 aromatic rings. The summed E-state index contributed by atoms with van der Waals surface area (Å²) in [6, 6.07) is 9.26. The van der Waals surface area contributed by atoms with Crippen molar-refractivity contribution in [3.63, 3.8) is 0 Å². The van der Waals surface area contributed by atoms with Crippen LogP contribution in [0.4, 0.5) is 5.69 Å². The Labute approximate surface area is 110 Å². The van der Waals surface area contributed by atoms with Crippen molar-refractivity contribution in [1.29, 1.82) is 0 Å². The van der Waals surface area contributed by atoms with Crippen molar-refractivity contribution < 1.29 is 4.74 Å². The highest BCUT2D eigenvalue weighted by Crippen LogP contribution is 2.40. The highest BCUT2D eigenvalue weighted by Gasteiger charge is 2.39. The first-order chi connectivity index (χ1) is 8.76. The second-order valence-corrected chi connectivity index (χ2v) is 5.94. The van der Waals surface area contributed by atoms with Crippen molar-refractivity contribution in [1.82, 2.24) is 0 Å². The maximum atomic E-state index is 6.08. The van der Waals surface area contributed by atoms with E-state index >= 15 is 0 Å². The van der Waals surface area contributed by atoms with E-state index in [2.05, 4.69) is 36.5 Å². The van der Waals surface area contributed by atoms with Crippen LogP contribution in [-0.4, -0.2) is 18.2 Å². The summed E-state index contributed by atoms with van der Waals surface area (Å²) < 4.78 is 6.08. The van der Waals surface area contributed by atoms with Gasteiger partial charge in [-0.25, -0.2) is 0 Å². The third-order valence-corrected chi connectivity index (χ3v) is 4.40. The van der Waals surface area contributed by atoms with Gasteiger partial charge in [-0.15, -0.1) is 0 Å². The van der Waals surface area contributed by atoms with E-state index in [0.717, 1.165) is 13.0 Å². The smallest absolute Gasteiger partial charge is 0.0702 e. The molecule has 1 heterocycles. The normalized spacial score (nSPS) is 26.4. The molecule has 1 saturated carbocycles. The Bertz CT molecular complexity index is 409. The van der Waals surface area contributed by atoms with Crippen molar-refractivity contribution in [2.24, 2.45) is 0 Å². The molecular weight excluding hydrogens is 222 g/mol. The van der Waals surface area contributed by atoms with E-state index in [-0.39, 0.29) is 5.60 Å². The molecule has 1 unspecified atom stereocenters. The van der Waals surface area contributed by atoms with Gasteiger partial charge < -0.3 is 10.1 Å². The predicted octanol–water partition coefficient (Wildman–Crippen LogP) is 3.90. The summed E-state index contributed by atoms with van der Waals surface area (Å²) in [6.45, 7) is 3.07. The van der Waals surface area contributed by atoms with E-state index in [1.54, 1.807) is 0 Å². The topological polar surface area (TPSA) is 21.3 Å². The average Bonchev–Trinajstić information content (AvgIpc) is 2.77. The predicted molar refractivity (Wildman–Crippen MR) is 75.0 cm³/mol. The van der Waals surface area contributed by atoms with Gasteiger partial charge in [0.1, 0.15) is 0 Å². The first-order valence-corrected chi connectivity index (χ1v) is 7.23. The second-order valence-electron chi connectivity index (χ2n) is 5.94. The summed E-state index contributed by atoms with van der Waals surface area (Å²) in [5.41, 5.74) is 2.79. The molecule has 1 saturated heterocycles. The van der Waals surface area contributed by atoms with Gasteiger partial charge in [0.05, 0.1) is 5.60 Å². The molecule has 3 rings (SSSR count). The minimum Gasteiger partial charge on any atom is -0.382 e. The van der Waals surface area contributed by atoms with Crippen LogP contribution in [0.2, 0.25) is 0 Å². The number of ether oxygens (including phenoxy) is 1. The molecule has 1 atom stereocenters. The van der Waals surface area contributed by atoms with E-state index in [1.807, 2.05) is 0 Å². The first kappa shape index (κ1) is 12.0. The molecule has 0 bridgehead atoms. The molecule has 2 heteroatoms. The summed E-state index contributed by atoms with van der Waals surface area (Å²) in [5.74, 6) is 0. The molecule has 2 nitrogen and oxygen atoms in total. The Morgan fingerprint density at radius 3 is 2.89 bits per heavy atom. The molecule has 1 aromatic carbocycles. The molecule has 0 amide bonds. The van der Waals surface area contributed by atoms with Crippen LogP contribution < -0.4 is 5.32 Å². The highest BCUT2D eigenvalue weighted by molar-refractivity contribution is 5.46. The van der Waals surface area contributed by atoms with E-state index < -0.39 is 0 Å². The maximum absolute atomic E-state index is 6.08. The van der Waals surface area contributed by atoms with Gasteiger partial charge in [0, 0.05) is 18.3 Å². The number of rotatable bonds is 2. The Balaban J connectivity index is 1.66. The van der Waals surface area contributed by atoms with E-state index in [0.29, 0.717) is 6.04 Å². The summed E-state index contributed by atoms with van der Waals surface area (Å²) in [4.78, 5) is 0. The van der Waals surface area contributed by atoms with Crippen LogP contribution in [0.15, 0.2) is 24.3 Å². The van der Waals surface area contributed by atoms with Crippen LogP contribution in [-0.2, 0) is 4.74 Å². The van der Waals surface area contributed by atoms with Gasteiger partial charge in [-0.1, -0.05) is 25.0 Å². The number of aryl methyl sites for hydroxylation is 1. The summed E-state index contributed by atoms with van der Waals surface area (Å²) in [5, 5.41) is 3.69. The van der Waals surface area contributed by atoms with Crippen molar-refractivity contribution in [3.05, 3.63) is 29.8 Å². The lowest BCUT2D eigenvalue weighted by Crippen LogP contribution is -2.42. The zero-order valence-electron chi connectivity index (χ0n) is 11.2. The van der Waals surface area contributed by atoms with Crippen molar-refractivity contribution in [3.8, 4) is 0 Å². The third kappa shape index (κ3) is 2.54. The number of hydrogen-bond acceptors (Lipinski definition) is 2. The van der Waals surface area contributed by atoms with Gasteiger partial charge in [-0.05, 0) is 50.3 Å². The monoisotopic (exact) mass is 245 g/mol. The fourth-order valence-corrected chi connectivity index (χ4v) is 3.49. The molecule has 18 heavy (non-hydrogen) atoms. The fraction of sp³-hybridized carbons (Fsp3) is 0.625. The van der Waals surface area contributed by atoms with Crippen molar-refractivity contribution >= 4 is 5.69 Å². The van der Waals surface area contributed by atoms with Gasteiger partial charge in [-0.2, -0.15) is 0 Å². The molecule has 1 spiro atoms. The largest absolute Gasteiger partial charge is 0.382 e. The minimum atomic E-state index is 0.208. The van der Waals surface area contributed by atoms with Gasteiger partial charge >= 0.3 is 0 Å². The van der Waals surface area contributed by atoms with Crippen LogP contribution in [0.1, 0.15) is 44.1 Å². The summed E-state index contributed by atoms with van der Waals surface area (Å²) in [6.07, 6.45) is 7.53. The van der Waals surface area contributed by atoms with Crippen molar-refractivity contribution in [2.45, 2.75) is 57.1 Å². The third-order valence-electron chi connectivity index (χ3n) is 4.40. The molecule has 2 aliphatic rings. The van der Waals surface area contributed by atoms with Crippen molar-refractivity contribution in [2.75, 3.05) is 11.9 Å². The molecule has 0 aromatic heterocycles. The van der Waals surface area contributed by atoms with Crippen LogP contribution >= 0.6 is 0 Å². The summed E-state index contributed by atoms with van der Waals surface area (Å²) in [7, 11) is 0. The average molecular weight is 245 g/mol. The number of benzene rings is 1. The zero-order chi connectivity index (χ0) is 12.4. The standard InChI is InChI=1S/C16H23NO/c1-13-5-4-6-14(11-13)17-15-7-10-18-16(12-15)8-2-3-9-16/h4-6,11,15,17H,2-3,7-10,12H2,1H3. The quantitative estimate of drug-likeness (QED) is 0.853. The molecule has 2 fully saturated rings. The lowest BCUT2D eigenvalue weighted by Gasteiger charge is -2.39. The maximum Gasteiger partial charge on any atom is 0.0702 e. The van der Waals surface area contributed by atoms with Gasteiger partial charge in [0.25, 0.3) is 0 Å². The van der Waals surface area contributed by atoms with Crippen LogP contribution in [0.5, 0.6) is 0 Å². The lowest BCUT2D eigenvalue weighted by molar-refractivity contribution is -0.0767. The molecule has 1 aliphatic carbocycles. The molecular formula is C16H23NO. The number of anilines is 1. The van der Waals surface area contributed by atoms with Crippen LogP contribution in [0.3, 0.4) is 0 Å².